The molecule has 7 nitrogen and oxygen atoms in total. The van der Waals surface area contributed by atoms with Gasteiger partial charge in [-0.05, 0) is 49.4 Å². The first-order chi connectivity index (χ1) is 16.5. The summed E-state index contributed by atoms with van der Waals surface area (Å²) in [6.45, 7) is 6.32. The maximum Gasteiger partial charge on any atom is 0.294 e. The Morgan fingerprint density at radius 3 is 2.41 bits per heavy atom. The second kappa shape index (κ2) is 10.8. The van der Waals surface area contributed by atoms with E-state index in [1.165, 1.54) is 0 Å². The first-order valence-electron chi connectivity index (χ1n) is 11.5. The van der Waals surface area contributed by atoms with Crippen LogP contribution in [0.4, 0.5) is 10.5 Å². The third kappa shape index (κ3) is 5.44. The lowest BCUT2D eigenvalue weighted by molar-refractivity contribution is -0.136. The van der Waals surface area contributed by atoms with Gasteiger partial charge in [-0.15, -0.1) is 0 Å². The Kier molecular flexibility index (Phi) is 7.57. The molecule has 0 unspecified atom stereocenters. The number of imide groups is 1. The highest BCUT2D eigenvalue weighted by atomic mass is 32.2. The van der Waals surface area contributed by atoms with E-state index in [1.807, 2.05) is 56.3 Å². The molecule has 0 N–H and O–H groups in total. The smallest absolute Gasteiger partial charge is 0.294 e. The summed E-state index contributed by atoms with van der Waals surface area (Å²) >= 11 is 0.860. The number of hydrogen-bond acceptors (Lipinski definition) is 6. The van der Waals surface area contributed by atoms with Gasteiger partial charge >= 0.3 is 0 Å². The third-order valence-corrected chi connectivity index (χ3v) is 6.94. The second-order valence-corrected chi connectivity index (χ2v) is 9.34. The second-order valence-electron chi connectivity index (χ2n) is 8.35. The van der Waals surface area contributed by atoms with Crippen LogP contribution in [0.15, 0.2) is 59.5 Å². The van der Waals surface area contributed by atoms with Crippen molar-refractivity contribution in [2.45, 2.75) is 26.4 Å². The predicted molar refractivity (Wildman–Crippen MR) is 135 cm³/mol. The molecular weight excluding hydrogens is 450 g/mol. The highest BCUT2D eigenvalue weighted by molar-refractivity contribution is 8.18. The standard InChI is InChI=1S/C26H29N3O4S/c1-3-19(2)33-22-12-8-7-9-20(22)17-23-25(31)29(26(32)34-23)18-24(30)28-15-13-27(14-16-28)21-10-5-4-6-11-21/h4-12,17,19H,3,13-16,18H2,1-2H3/b23-17+/t19-/m1/s1. The molecule has 0 radical (unpaired) electrons. The van der Waals surface area contributed by atoms with Crippen LogP contribution in [0.25, 0.3) is 6.08 Å². The topological polar surface area (TPSA) is 70.2 Å². The summed E-state index contributed by atoms with van der Waals surface area (Å²) in [6.07, 6.45) is 2.56. The fourth-order valence-corrected chi connectivity index (χ4v) is 4.70. The molecule has 2 fully saturated rings. The normalized spacial score (nSPS) is 18.5. The molecule has 2 aliphatic rings. The molecule has 2 aromatic rings. The van der Waals surface area contributed by atoms with Crippen LogP contribution in [-0.2, 0) is 9.59 Å². The first kappa shape index (κ1) is 23.9. The molecule has 0 bridgehead atoms. The number of rotatable bonds is 7. The summed E-state index contributed by atoms with van der Waals surface area (Å²) in [6, 6.07) is 17.5. The number of carbonyl (C=O) groups excluding carboxylic acids is 3. The molecule has 2 aliphatic heterocycles. The fourth-order valence-electron chi connectivity index (χ4n) is 3.87. The van der Waals surface area contributed by atoms with Gasteiger partial charge in [0.1, 0.15) is 12.3 Å². The monoisotopic (exact) mass is 479 g/mol. The minimum atomic E-state index is -0.440. The van der Waals surface area contributed by atoms with Crippen molar-refractivity contribution in [1.29, 1.82) is 0 Å². The van der Waals surface area contributed by atoms with E-state index in [1.54, 1.807) is 11.0 Å². The van der Waals surface area contributed by atoms with Gasteiger partial charge in [0, 0.05) is 37.4 Å². The van der Waals surface area contributed by atoms with E-state index in [0.717, 1.165) is 34.3 Å². The van der Waals surface area contributed by atoms with Gasteiger partial charge in [-0.2, -0.15) is 0 Å². The van der Waals surface area contributed by atoms with Gasteiger partial charge < -0.3 is 14.5 Å². The van der Waals surface area contributed by atoms with E-state index < -0.39 is 11.1 Å². The third-order valence-electron chi connectivity index (χ3n) is 6.03. The largest absolute Gasteiger partial charge is 0.490 e. The number of thioether (sulfide) groups is 1. The van der Waals surface area contributed by atoms with E-state index in [9.17, 15) is 14.4 Å². The van der Waals surface area contributed by atoms with E-state index in [-0.39, 0.29) is 18.6 Å². The summed E-state index contributed by atoms with van der Waals surface area (Å²) in [4.78, 5) is 43.7. The fraction of sp³-hybridized carbons (Fsp3) is 0.346. The zero-order valence-electron chi connectivity index (χ0n) is 19.5. The molecule has 0 spiro atoms. The SMILES string of the molecule is CC[C@@H](C)Oc1ccccc1/C=C1/SC(=O)N(CC(=O)N2CCN(c3ccccc3)CC2)C1=O. The Bertz CT molecular complexity index is 1080. The number of carbonyl (C=O) groups is 3. The number of amides is 3. The van der Waals surface area contributed by atoms with Gasteiger partial charge in [0.25, 0.3) is 11.1 Å². The van der Waals surface area contributed by atoms with Gasteiger partial charge in [-0.25, -0.2) is 0 Å². The van der Waals surface area contributed by atoms with Gasteiger partial charge in [-0.1, -0.05) is 43.3 Å². The molecule has 4 rings (SSSR count). The summed E-state index contributed by atoms with van der Waals surface area (Å²) in [5.41, 5.74) is 1.86. The Balaban J connectivity index is 1.39. The van der Waals surface area contributed by atoms with E-state index in [0.29, 0.717) is 36.8 Å². The Morgan fingerprint density at radius 2 is 1.71 bits per heavy atom. The minimum absolute atomic E-state index is 0.0320. The first-order valence-corrected chi connectivity index (χ1v) is 12.4. The lowest BCUT2D eigenvalue weighted by atomic mass is 10.1. The number of hydrogen-bond donors (Lipinski definition) is 0. The predicted octanol–water partition coefficient (Wildman–Crippen LogP) is 4.25. The van der Waals surface area contributed by atoms with Crippen molar-refractivity contribution in [3.63, 3.8) is 0 Å². The molecule has 0 aromatic heterocycles. The zero-order valence-corrected chi connectivity index (χ0v) is 20.3. The summed E-state index contributed by atoms with van der Waals surface area (Å²) in [5, 5.41) is -0.423. The molecule has 178 valence electrons. The number of anilines is 1. The van der Waals surface area contributed by atoms with Gasteiger partial charge in [-0.3, -0.25) is 19.3 Å². The molecule has 34 heavy (non-hydrogen) atoms. The minimum Gasteiger partial charge on any atom is -0.490 e. The van der Waals surface area contributed by atoms with Crippen molar-refractivity contribution in [2.24, 2.45) is 0 Å². The van der Waals surface area contributed by atoms with Crippen LogP contribution in [0.1, 0.15) is 25.8 Å². The average molecular weight is 480 g/mol. The number of piperazine rings is 1. The maximum atomic E-state index is 13.0. The molecule has 3 amide bonds. The molecule has 2 heterocycles. The highest BCUT2D eigenvalue weighted by Gasteiger charge is 2.37. The lowest BCUT2D eigenvalue weighted by Crippen LogP contribution is -2.51. The van der Waals surface area contributed by atoms with Crippen molar-refractivity contribution < 1.29 is 19.1 Å². The molecule has 0 saturated carbocycles. The molecule has 0 aliphatic carbocycles. The van der Waals surface area contributed by atoms with Crippen molar-refractivity contribution >= 4 is 40.6 Å². The Hall–Kier alpha value is -3.26. The van der Waals surface area contributed by atoms with Crippen molar-refractivity contribution in [3.05, 3.63) is 65.1 Å². The van der Waals surface area contributed by atoms with E-state index in [4.69, 9.17) is 4.74 Å². The van der Waals surface area contributed by atoms with Crippen LogP contribution in [0.2, 0.25) is 0 Å². The van der Waals surface area contributed by atoms with Crippen LogP contribution in [0.5, 0.6) is 5.75 Å². The average Bonchev–Trinajstić information content (AvgIpc) is 3.13. The van der Waals surface area contributed by atoms with E-state index in [2.05, 4.69) is 17.0 Å². The quantitative estimate of drug-likeness (QED) is 0.553. The molecule has 2 saturated heterocycles. The number of nitrogens with zero attached hydrogens (tertiary/aromatic N) is 3. The van der Waals surface area contributed by atoms with Crippen molar-refractivity contribution in [1.82, 2.24) is 9.80 Å². The zero-order chi connectivity index (χ0) is 24.1. The van der Waals surface area contributed by atoms with Gasteiger partial charge in [0.15, 0.2) is 0 Å². The highest BCUT2D eigenvalue weighted by Crippen LogP contribution is 2.34. The Morgan fingerprint density at radius 1 is 1.03 bits per heavy atom. The van der Waals surface area contributed by atoms with Crippen LogP contribution in [0.3, 0.4) is 0 Å². The number of benzene rings is 2. The number of para-hydroxylation sites is 2. The summed E-state index contributed by atoms with van der Waals surface area (Å²) in [5.74, 6) is 0.0115. The summed E-state index contributed by atoms with van der Waals surface area (Å²) < 4.78 is 5.95. The lowest BCUT2D eigenvalue weighted by Gasteiger charge is -2.36. The van der Waals surface area contributed by atoms with Crippen LogP contribution < -0.4 is 9.64 Å². The molecule has 8 heteroatoms. The van der Waals surface area contributed by atoms with Crippen LogP contribution >= 0.6 is 11.8 Å². The number of ether oxygens (including phenoxy) is 1. The molecular formula is C26H29N3O4S. The van der Waals surface area contributed by atoms with Crippen molar-refractivity contribution in [3.8, 4) is 5.75 Å². The van der Waals surface area contributed by atoms with Gasteiger partial charge in [0.05, 0.1) is 11.0 Å². The van der Waals surface area contributed by atoms with E-state index >= 15 is 0 Å². The van der Waals surface area contributed by atoms with Crippen molar-refractivity contribution in [2.75, 3.05) is 37.6 Å². The van der Waals surface area contributed by atoms with Crippen LogP contribution in [-0.4, -0.2) is 65.7 Å². The molecule has 2 aromatic carbocycles. The van der Waals surface area contributed by atoms with Crippen LogP contribution in [0, 0.1) is 0 Å². The molecule has 1 atom stereocenters. The maximum absolute atomic E-state index is 13.0. The summed E-state index contributed by atoms with van der Waals surface area (Å²) in [7, 11) is 0. The van der Waals surface area contributed by atoms with Gasteiger partial charge in [0.2, 0.25) is 5.91 Å². The Labute approximate surface area is 204 Å².